The van der Waals surface area contributed by atoms with Gasteiger partial charge in [0.05, 0.1) is 39.6 Å². The van der Waals surface area contributed by atoms with E-state index in [9.17, 15) is 29.4 Å². The van der Waals surface area contributed by atoms with E-state index in [1.54, 1.807) is 12.1 Å². The quantitative estimate of drug-likeness (QED) is 0.101. The zero-order chi connectivity index (χ0) is 41.6. The Morgan fingerprint density at radius 1 is 0.897 bits per heavy atom. The van der Waals surface area contributed by atoms with Crippen molar-refractivity contribution in [1.29, 1.82) is 0 Å². The highest BCUT2D eigenvalue weighted by Gasteiger charge is 2.67. The van der Waals surface area contributed by atoms with E-state index in [1.807, 2.05) is 50.1 Å². The molecule has 6 heterocycles. The molecule has 8 bridgehead atoms. The fourth-order valence-electron chi connectivity index (χ4n) is 10.6. The number of nitrogens with one attached hydrogen (secondary N) is 2. The number of allylic oxidation sites excluding steroid dienone is 2. The van der Waals surface area contributed by atoms with Crippen LogP contribution in [0, 0.1) is 13.8 Å². The maximum absolute atomic E-state index is 13.9. The number of nitrogens with two attached hydrogens (primary N) is 1. The fourth-order valence-corrected chi connectivity index (χ4v) is 10.6. The third-order valence-electron chi connectivity index (χ3n) is 13.5. The molecule has 1 aliphatic carbocycles. The van der Waals surface area contributed by atoms with Crippen molar-refractivity contribution in [2.45, 2.75) is 96.9 Å². The van der Waals surface area contributed by atoms with Gasteiger partial charge in [0.1, 0.15) is 6.29 Å². The van der Waals surface area contributed by atoms with E-state index in [0.29, 0.717) is 45.9 Å². The van der Waals surface area contributed by atoms with Gasteiger partial charge in [-0.3, -0.25) is 24.2 Å². The van der Waals surface area contributed by atoms with Gasteiger partial charge in [-0.25, -0.2) is 4.98 Å². The van der Waals surface area contributed by atoms with Crippen LogP contribution in [0.3, 0.4) is 0 Å². The first-order valence-electron chi connectivity index (χ1n) is 19.9. The number of aromatic amines is 2. The van der Waals surface area contributed by atoms with E-state index >= 15 is 0 Å². The predicted molar refractivity (Wildman–Crippen MR) is 225 cm³/mol. The number of aldehydes is 1. The molecule has 12 heteroatoms. The number of primary amides is 1. The summed E-state index contributed by atoms with van der Waals surface area (Å²) in [5, 5.41) is 20.3. The molecule has 0 saturated heterocycles. The van der Waals surface area contributed by atoms with Crippen molar-refractivity contribution in [1.82, 2.24) is 19.9 Å². The number of carboxylic acids is 2. The number of hydrogen-bond donors (Lipinski definition) is 5. The molecule has 0 saturated carbocycles. The van der Waals surface area contributed by atoms with Crippen LogP contribution in [-0.2, 0) is 38.1 Å². The number of aliphatic carboxylic acids is 2. The van der Waals surface area contributed by atoms with Gasteiger partial charge in [0.15, 0.2) is 0 Å². The van der Waals surface area contributed by atoms with Crippen molar-refractivity contribution in [2.24, 2.45) is 5.73 Å². The van der Waals surface area contributed by atoms with E-state index in [4.69, 9.17) is 15.7 Å². The van der Waals surface area contributed by atoms with Crippen LogP contribution < -0.4 is 10.6 Å². The molecule has 4 aliphatic rings. The van der Waals surface area contributed by atoms with Crippen LogP contribution >= 0.6 is 0 Å². The molecule has 0 radical (unpaired) electrons. The lowest BCUT2D eigenvalue weighted by Crippen LogP contribution is -2.65. The number of nitrogens with zero attached hydrogens (tertiary/aromatic N) is 3. The van der Waals surface area contributed by atoms with Gasteiger partial charge in [-0.05, 0) is 135 Å². The summed E-state index contributed by atoms with van der Waals surface area (Å²) in [6.45, 7) is 12.4. The molecule has 0 spiro atoms. The van der Waals surface area contributed by atoms with Crippen molar-refractivity contribution in [3.63, 3.8) is 0 Å². The molecule has 6 N–H and O–H groups in total. The fraction of sp³-hybridized carbons (Fsp3) is 0.348. The number of H-pyrrole nitrogens is 2. The normalized spacial score (nSPS) is 20.5. The van der Waals surface area contributed by atoms with E-state index in [0.717, 1.165) is 73.9 Å². The summed E-state index contributed by atoms with van der Waals surface area (Å²) in [5.74, 6) is -2.67. The molecule has 58 heavy (non-hydrogen) atoms. The zero-order valence-electron chi connectivity index (χ0n) is 33.9. The summed E-state index contributed by atoms with van der Waals surface area (Å²) in [6.07, 6.45) is 3.81. The summed E-state index contributed by atoms with van der Waals surface area (Å²) in [5.41, 5.74) is 18.5. The highest BCUT2D eigenvalue weighted by Crippen LogP contribution is 2.65. The van der Waals surface area contributed by atoms with E-state index < -0.39 is 34.7 Å². The van der Waals surface area contributed by atoms with Crippen LogP contribution in [-0.4, -0.2) is 67.4 Å². The number of rotatable bonds is 10. The maximum atomic E-state index is 13.9. The molecule has 3 atom stereocenters. The van der Waals surface area contributed by atoms with Crippen molar-refractivity contribution in [3.8, 4) is 0 Å². The number of carboxylic acid groups (broad SMARTS) is 2. The third kappa shape index (κ3) is 5.33. The lowest BCUT2D eigenvalue weighted by atomic mass is 9.49. The Morgan fingerprint density at radius 2 is 1.53 bits per heavy atom. The van der Waals surface area contributed by atoms with E-state index in [1.165, 1.54) is 0 Å². The van der Waals surface area contributed by atoms with Crippen LogP contribution in [0.2, 0.25) is 0 Å². The number of amides is 1. The zero-order valence-corrected chi connectivity index (χ0v) is 33.9. The molecule has 4 aromatic rings. The van der Waals surface area contributed by atoms with E-state index in [2.05, 4.69) is 43.7 Å². The molecule has 298 valence electrons. The van der Waals surface area contributed by atoms with Crippen molar-refractivity contribution >= 4 is 69.1 Å². The molecule has 0 fully saturated rings. The van der Waals surface area contributed by atoms with Gasteiger partial charge < -0.3 is 30.8 Å². The first kappa shape index (κ1) is 38.6. The number of anilines is 1. The minimum absolute atomic E-state index is 0.0549. The van der Waals surface area contributed by atoms with Crippen LogP contribution in [0.5, 0.6) is 0 Å². The topological polar surface area (TPSA) is 195 Å². The summed E-state index contributed by atoms with van der Waals surface area (Å²) in [6, 6.07) is 10.9. The third-order valence-corrected chi connectivity index (χ3v) is 13.5. The van der Waals surface area contributed by atoms with Gasteiger partial charge in [-0.1, -0.05) is 13.8 Å². The molecule has 1 amide bonds. The lowest BCUT2D eigenvalue weighted by Gasteiger charge is -2.58. The molecular weight excluding hydrogens is 733 g/mol. The minimum Gasteiger partial charge on any atom is -0.481 e. The Hall–Kier alpha value is -6.30. The van der Waals surface area contributed by atoms with Crippen molar-refractivity contribution in [3.05, 3.63) is 104 Å². The summed E-state index contributed by atoms with van der Waals surface area (Å²) in [7, 11) is 1.86. The van der Waals surface area contributed by atoms with Crippen LogP contribution in [0.1, 0.15) is 120 Å². The lowest BCUT2D eigenvalue weighted by molar-refractivity contribution is -0.138. The summed E-state index contributed by atoms with van der Waals surface area (Å²) >= 11 is 0. The second-order valence-corrected chi connectivity index (χ2v) is 16.2. The summed E-state index contributed by atoms with van der Waals surface area (Å²) in [4.78, 5) is 71.4. The molecule has 8 rings (SSSR count). The van der Waals surface area contributed by atoms with Gasteiger partial charge in [0.2, 0.25) is 5.91 Å². The monoisotopic (exact) mass is 780 g/mol. The Kier molecular flexibility index (Phi) is 9.09. The van der Waals surface area contributed by atoms with Crippen molar-refractivity contribution < 1.29 is 29.4 Å². The number of fused-ring (bicyclic) bond motifs is 11. The average Bonchev–Trinajstić information content (AvgIpc) is 3.85. The highest BCUT2D eigenvalue weighted by atomic mass is 16.4. The van der Waals surface area contributed by atoms with E-state index in [-0.39, 0.29) is 31.3 Å². The van der Waals surface area contributed by atoms with Crippen LogP contribution in [0.15, 0.2) is 42.0 Å². The van der Waals surface area contributed by atoms with Gasteiger partial charge in [0.25, 0.3) is 0 Å². The number of hydrogen-bond acceptors (Lipinski definition) is 7. The van der Waals surface area contributed by atoms with Crippen molar-refractivity contribution in [2.75, 3.05) is 11.9 Å². The molecule has 12 nitrogen and oxygen atoms in total. The van der Waals surface area contributed by atoms with Gasteiger partial charge in [-0.15, -0.1) is 0 Å². The van der Waals surface area contributed by atoms with Crippen LogP contribution in [0.25, 0.3) is 39.3 Å². The number of benzene rings is 1. The summed E-state index contributed by atoms with van der Waals surface area (Å²) < 4.78 is 0. The SMILES string of the molecule is CCc1c(C)c2cc3[nH]c(cc4nc(c5c6nc(cc1[nH]2)C1(C)c2cc(C=O)ccc2N(C)C(C(C(N)=O)=C5)C61CCC(=O)O)C(CCC(=O)O)=C4C)c(C)c3CC. The maximum Gasteiger partial charge on any atom is 0.303 e. The Bertz CT molecular complexity index is 2750. The molecule has 3 aliphatic heterocycles. The first-order chi connectivity index (χ1) is 27.6. The Labute approximate surface area is 335 Å². The number of aryl methyl sites for hydroxylation is 4. The van der Waals surface area contributed by atoms with Gasteiger partial charge in [0, 0.05) is 64.3 Å². The first-order valence-corrected chi connectivity index (χ1v) is 19.9. The Morgan fingerprint density at radius 3 is 2.14 bits per heavy atom. The van der Waals surface area contributed by atoms with Gasteiger partial charge in [-0.2, -0.15) is 0 Å². The van der Waals surface area contributed by atoms with Crippen LogP contribution in [0.4, 0.5) is 5.69 Å². The highest BCUT2D eigenvalue weighted by molar-refractivity contribution is 6.04. The molecule has 3 aromatic heterocycles. The molecule has 1 aromatic carbocycles. The predicted octanol–water partition coefficient (Wildman–Crippen LogP) is 7.47. The Balaban J connectivity index is 1.66. The standard InChI is InChI=1S/C46H48N6O6/c1-8-26-22(3)32-18-34-24(5)28(11-13-39(54)55)41(50-34)29-17-30(44(47)58)43-46(15-14-40(56)57)42(29)51-38(20-36-27(9-2)23(4)33(49-36)19-35(26)48-32)45(46,6)31-16-25(21-53)10-12-37(31)52(43)7/h10,12,16-21,43,48-49H,8-9,11,13-15H2,1-7H3,(H2,47,58)(H,54,55)(H,56,57). The number of likely N-dealkylation sites (N-methyl/N-ethyl adjacent to an activating group) is 1. The molecular formula is C46H48N6O6. The number of carbonyl (C=O) groups excluding carboxylic acids is 2. The smallest absolute Gasteiger partial charge is 0.303 e. The average molecular weight is 781 g/mol. The minimum atomic E-state index is -1.23. The number of aromatic nitrogens is 4. The second-order valence-electron chi connectivity index (χ2n) is 16.2. The molecule has 3 unspecified atom stereocenters. The second kappa shape index (κ2) is 13.7. The van der Waals surface area contributed by atoms with Gasteiger partial charge >= 0.3 is 11.9 Å². The number of carbonyl (C=O) groups is 4. The largest absolute Gasteiger partial charge is 0.481 e.